The summed E-state index contributed by atoms with van der Waals surface area (Å²) in [5.41, 5.74) is 1.72. The number of nitrogens with zero attached hydrogens (tertiary/aromatic N) is 1. The fraction of sp³-hybridized carbons (Fsp3) is 0.381. The summed E-state index contributed by atoms with van der Waals surface area (Å²) in [6.07, 6.45) is 4.88. The van der Waals surface area contributed by atoms with Crippen molar-refractivity contribution in [1.82, 2.24) is 15.6 Å². The fourth-order valence-electron chi connectivity index (χ4n) is 3.47. The highest BCUT2D eigenvalue weighted by atomic mass is 19.1. The Morgan fingerprint density at radius 1 is 1.18 bits per heavy atom. The summed E-state index contributed by atoms with van der Waals surface area (Å²) in [7, 11) is 1.48. The molecule has 1 saturated carbocycles. The topological polar surface area (TPSA) is 80.3 Å². The minimum Gasteiger partial charge on any atom is -0.375 e. The van der Waals surface area contributed by atoms with Gasteiger partial charge in [0, 0.05) is 31.0 Å². The monoisotopic (exact) mass is 385 g/mol. The maximum absolute atomic E-state index is 13.3. The second-order valence-corrected chi connectivity index (χ2v) is 6.98. The standard InChI is InChI=1S/C21H24FN3O3/c1-28-13-20(26)24-17-6-3-7-18(11-17)25-21(27)15-8-9-19(23-12-15)14-4-2-5-16(22)10-14/h2,4-5,8-10,12,17-18H,3,6-7,11,13H2,1H3,(H,24,26)(H,25,27). The second-order valence-electron chi connectivity index (χ2n) is 6.98. The zero-order chi connectivity index (χ0) is 19.9. The Hall–Kier alpha value is -2.80. The van der Waals surface area contributed by atoms with E-state index in [9.17, 15) is 14.0 Å². The number of nitrogens with one attached hydrogen (secondary N) is 2. The van der Waals surface area contributed by atoms with Gasteiger partial charge in [-0.3, -0.25) is 14.6 Å². The molecule has 1 aliphatic carbocycles. The van der Waals surface area contributed by atoms with Crippen molar-refractivity contribution in [3.05, 3.63) is 54.0 Å². The number of halogens is 1. The van der Waals surface area contributed by atoms with Gasteiger partial charge in [0.05, 0.1) is 11.3 Å². The van der Waals surface area contributed by atoms with Crippen molar-refractivity contribution in [1.29, 1.82) is 0 Å². The number of methoxy groups -OCH3 is 1. The molecule has 2 unspecified atom stereocenters. The molecule has 0 bridgehead atoms. The molecular formula is C21H24FN3O3. The third-order valence-corrected chi connectivity index (χ3v) is 4.80. The summed E-state index contributed by atoms with van der Waals surface area (Å²) in [4.78, 5) is 28.5. The maximum atomic E-state index is 13.3. The number of pyridine rings is 1. The number of hydrogen-bond acceptors (Lipinski definition) is 4. The van der Waals surface area contributed by atoms with E-state index in [1.807, 2.05) is 0 Å². The number of aromatic nitrogens is 1. The van der Waals surface area contributed by atoms with Crippen LogP contribution in [0.15, 0.2) is 42.6 Å². The van der Waals surface area contributed by atoms with Crippen LogP contribution in [0.1, 0.15) is 36.0 Å². The lowest BCUT2D eigenvalue weighted by Gasteiger charge is -2.30. The van der Waals surface area contributed by atoms with Crippen LogP contribution in [0.5, 0.6) is 0 Å². The summed E-state index contributed by atoms with van der Waals surface area (Å²) in [5, 5.41) is 5.95. The van der Waals surface area contributed by atoms with Crippen LogP contribution in [0.3, 0.4) is 0 Å². The lowest BCUT2D eigenvalue weighted by Crippen LogP contribution is -2.46. The Bertz CT molecular complexity index is 826. The molecule has 2 aromatic rings. The third-order valence-electron chi connectivity index (χ3n) is 4.80. The number of carbonyl (C=O) groups excluding carboxylic acids is 2. The zero-order valence-corrected chi connectivity index (χ0v) is 15.8. The average Bonchev–Trinajstić information content (AvgIpc) is 2.68. The number of amides is 2. The van der Waals surface area contributed by atoms with Crippen LogP contribution in [0.2, 0.25) is 0 Å². The summed E-state index contributed by atoms with van der Waals surface area (Å²) in [5.74, 6) is -0.672. The van der Waals surface area contributed by atoms with Crippen molar-refractivity contribution < 1.29 is 18.7 Å². The van der Waals surface area contributed by atoms with Crippen molar-refractivity contribution in [3.8, 4) is 11.3 Å². The summed E-state index contributed by atoms with van der Waals surface area (Å²) < 4.78 is 18.2. The molecule has 28 heavy (non-hydrogen) atoms. The van der Waals surface area contributed by atoms with Gasteiger partial charge in [-0.15, -0.1) is 0 Å². The van der Waals surface area contributed by atoms with Crippen LogP contribution in [-0.2, 0) is 9.53 Å². The largest absolute Gasteiger partial charge is 0.375 e. The van der Waals surface area contributed by atoms with Gasteiger partial charge in [-0.2, -0.15) is 0 Å². The molecule has 1 aromatic carbocycles. The molecule has 148 valence electrons. The highest BCUT2D eigenvalue weighted by molar-refractivity contribution is 5.94. The first-order valence-electron chi connectivity index (χ1n) is 9.36. The van der Waals surface area contributed by atoms with Gasteiger partial charge in [-0.25, -0.2) is 4.39 Å². The van der Waals surface area contributed by atoms with Gasteiger partial charge in [-0.1, -0.05) is 12.1 Å². The number of hydrogen-bond donors (Lipinski definition) is 2. The van der Waals surface area contributed by atoms with E-state index in [-0.39, 0.29) is 36.3 Å². The van der Waals surface area contributed by atoms with Gasteiger partial charge in [0.2, 0.25) is 5.91 Å². The van der Waals surface area contributed by atoms with Crippen molar-refractivity contribution in [3.63, 3.8) is 0 Å². The lowest BCUT2D eigenvalue weighted by molar-refractivity contribution is -0.125. The number of rotatable bonds is 6. The maximum Gasteiger partial charge on any atom is 0.253 e. The van der Waals surface area contributed by atoms with Crippen molar-refractivity contribution in [2.24, 2.45) is 0 Å². The van der Waals surface area contributed by atoms with E-state index in [1.54, 1.807) is 24.3 Å². The molecule has 0 aliphatic heterocycles. The molecule has 3 rings (SSSR count). The predicted octanol–water partition coefficient (Wildman–Crippen LogP) is 2.69. The van der Waals surface area contributed by atoms with Crippen molar-refractivity contribution in [2.45, 2.75) is 37.8 Å². The average molecular weight is 385 g/mol. The molecule has 2 amide bonds. The van der Waals surface area contributed by atoms with Crippen LogP contribution >= 0.6 is 0 Å². The SMILES string of the molecule is COCC(=O)NC1CCCC(NC(=O)c2ccc(-c3cccc(F)c3)nc2)C1. The van der Waals surface area contributed by atoms with Gasteiger partial charge in [0.15, 0.2) is 0 Å². The predicted molar refractivity (Wildman–Crippen MR) is 103 cm³/mol. The molecule has 1 aliphatic rings. The molecule has 2 N–H and O–H groups in total. The van der Waals surface area contributed by atoms with Crippen LogP contribution in [0.25, 0.3) is 11.3 Å². The van der Waals surface area contributed by atoms with Crippen LogP contribution in [-0.4, -0.2) is 42.6 Å². The highest BCUT2D eigenvalue weighted by Crippen LogP contribution is 2.20. The van der Waals surface area contributed by atoms with Crippen LogP contribution in [0, 0.1) is 5.82 Å². The van der Waals surface area contributed by atoms with E-state index in [2.05, 4.69) is 15.6 Å². The molecule has 0 spiro atoms. The smallest absolute Gasteiger partial charge is 0.253 e. The first-order chi connectivity index (χ1) is 13.5. The quantitative estimate of drug-likeness (QED) is 0.801. The van der Waals surface area contributed by atoms with Gasteiger partial charge in [-0.05, 0) is 49.9 Å². The summed E-state index contributed by atoms with van der Waals surface area (Å²) in [6, 6.07) is 9.60. The van der Waals surface area contributed by atoms with Crippen molar-refractivity contribution >= 4 is 11.8 Å². The number of benzene rings is 1. The molecule has 7 heteroatoms. The number of ether oxygens (including phenoxy) is 1. The molecule has 2 atom stereocenters. The van der Waals surface area contributed by atoms with Gasteiger partial charge < -0.3 is 15.4 Å². The zero-order valence-electron chi connectivity index (χ0n) is 15.8. The minimum atomic E-state index is -0.328. The molecule has 6 nitrogen and oxygen atoms in total. The molecule has 1 fully saturated rings. The molecular weight excluding hydrogens is 361 g/mol. The second kappa shape index (κ2) is 9.41. The Kier molecular flexibility index (Phi) is 6.71. The Morgan fingerprint density at radius 2 is 1.96 bits per heavy atom. The highest BCUT2D eigenvalue weighted by Gasteiger charge is 2.24. The normalized spacial score (nSPS) is 19.1. The van der Waals surface area contributed by atoms with E-state index in [0.29, 0.717) is 23.2 Å². The van der Waals surface area contributed by atoms with E-state index < -0.39 is 0 Å². The third kappa shape index (κ3) is 5.36. The van der Waals surface area contributed by atoms with Gasteiger partial charge in [0.25, 0.3) is 5.91 Å². The van der Waals surface area contributed by atoms with Gasteiger partial charge in [0.1, 0.15) is 12.4 Å². The first kappa shape index (κ1) is 19.9. The Balaban J connectivity index is 1.57. The van der Waals surface area contributed by atoms with E-state index >= 15 is 0 Å². The Labute approximate surface area is 163 Å². The van der Waals surface area contributed by atoms with Crippen LogP contribution < -0.4 is 10.6 Å². The van der Waals surface area contributed by atoms with Gasteiger partial charge >= 0.3 is 0 Å². The van der Waals surface area contributed by atoms with E-state index in [1.165, 1.54) is 25.4 Å². The minimum absolute atomic E-state index is 0.00279. The fourth-order valence-corrected chi connectivity index (χ4v) is 3.47. The first-order valence-corrected chi connectivity index (χ1v) is 9.36. The molecule has 1 aromatic heterocycles. The molecule has 0 saturated heterocycles. The lowest BCUT2D eigenvalue weighted by atomic mass is 9.90. The van der Waals surface area contributed by atoms with Crippen LogP contribution in [0.4, 0.5) is 4.39 Å². The van der Waals surface area contributed by atoms with E-state index in [0.717, 1.165) is 19.3 Å². The Morgan fingerprint density at radius 3 is 2.64 bits per heavy atom. The number of carbonyl (C=O) groups is 2. The summed E-state index contributed by atoms with van der Waals surface area (Å²) in [6.45, 7) is 0.0385. The molecule has 0 radical (unpaired) electrons. The van der Waals surface area contributed by atoms with E-state index in [4.69, 9.17) is 4.74 Å². The summed E-state index contributed by atoms with van der Waals surface area (Å²) >= 11 is 0. The van der Waals surface area contributed by atoms with Crippen molar-refractivity contribution in [2.75, 3.05) is 13.7 Å². The molecule has 1 heterocycles.